The van der Waals surface area contributed by atoms with Crippen LogP contribution in [0.5, 0.6) is 0 Å². The lowest BCUT2D eigenvalue weighted by Gasteiger charge is -2.34. The minimum absolute atomic E-state index is 0.0687. The molecule has 1 saturated heterocycles. The molecule has 0 atom stereocenters. The van der Waals surface area contributed by atoms with Crippen molar-refractivity contribution >= 4 is 23.3 Å². The lowest BCUT2D eigenvalue weighted by atomic mass is 10.2. The Hall–Kier alpha value is -2.05. The Morgan fingerprint density at radius 3 is 2.65 bits per heavy atom. The van der Waals surface area contributed by atoms with Crippen molar-refractivity contribution in [2.24, 2.45) is 0 Å². The molecule has 1 aliphatic rings. The van der Waals surface area contributed by atoms with Gasteiger partial charge in [0.15, 0.2) is 0 Å². The average Bonchev–Trinajstić information content (AvgIpc) is 3.00. The number of amides is 1. The van der Waals surface area contributed by atoms with Gasteiger partial charge in [-0.25, -0.2) is 4.98 Å². The number of carbonyl (C=O) groups is 1. The Balaban J connectivity index is 1.48. The van der Waals surface area contributed by atoms with E-state index < -0.39 is 0 Å². The second-order valence-electron chi connectivity index (χ2n) is 5.58. The van der Waals surface area contributed by atoms with Crippen molar-refractivity contribution in [1.82, 2.24) is 19.8 Å². The fourth-order valence-corrected chi connectivity index (χ4v) is 3.17. The summed E-state index contributed by atoms with van der Waals surface area (Å²) in [6.45, 7) is 6.22. The summed E-state index contributed by atoms with van der Waals surface area (Å²) in [5.74, 6) is 0.0687. The van der Waals surface area contributed by atoms with Gasteiger partial charge < -0.3 is 4.90 Å². The number of aromatic nitrogens is 2. The maximum absolute atomic E-state index is 12.2. The van der Waals surface area contributed by atoms with Crippen molar-refractivity contribution in [3.63, 3.8) is 0 Å². The first kappa shape index (κ1) is 15.8. The van der Waals surface area contributed by atoms with Crippen LogP contribution in [0, 0.1) is 6.92 Å². The Kier molecular flexibility index (Phi) is 5.15. The molecule has 0 spiro atoms. The molecule has 0 radical (unpaired) electrons. The smallest absolute Gasteiger partial charge is 0.246 e. The molecule has 3 heterocycles. The predicted octanol–water partition coefficient (Wildman–Crippen LogP) is 2.20. The topological polar surface area (TPSA) is 49.3 Å². The van der Waals surface area contributed by atoms with E-state index in [0.717, 1.165) is 43.4 Å². The fourth-order valence-electron chi connectivity index (χ4n) is 2.59. The first-order valence-corrected chi connectivity index (χ1v) is 8.59. The molecule has 23 heavy (non-hydrogen) atoms. The Bertz CT molecular complexity index is 675. The number of rotatable bonds is 4. The van der Waals surface area contributed by atoms with Crippen molar-refractivity contribution < 1.29 is 4.79 Å². The van der Waals surface area contributed by atoms with Gasteiger partial charge in [0.25, 0.3) is 0 Å². The highest BCUT2D eigenvalue weighted by Crippen LogP contribution is 2.11. The molecule has 120 valence electrons. The molecule has 0 N–H and O–H groups in total. The Labute approximate surface area is 140 Å². The summed E-state index contributed by atoms with van der Waals surface area (Å²) >= 11 is 1.59. The zero-order chi connectivity index (χ0) is 16.1. The molecule has 3 rings (SSSR count). The van der Waals surface area contributed by atoms with E-state index in [0.29, 0.717) is 0 Å². The highest BCUT2D eigenvalue weighted by Gasteiger charge is 2.19. The minimum atomic E-state index is 0.0687. The summed E-state index contributed by atoms with van der Waals surface area (Å²) in [5.41, 5.74) is 2.12. The van der Waals surface area contributed by atoms with Crippen LogP contribution < -0.4 is 0 Å². The monoisotopic (exact) mass is 328 g/mol. The van der Waals surface area contributed by atoms with Gasteiger partial charge >= 0.3 is 0 Å². The van der Waals surface area contributed by atoms with E-state index in [1.165, 1.54) is 5.56 Å². The molecular weight excluding hydrogens is 308 g/mol. The number of pyridine rings is 1. The summed E-state index contributed by atoms with van der Waals surface area (Å²) in [5, 5.41) is 2.98. The van der Waals surface area contributed by atoms with Crippen LogP contribution in [0.2, 0.25) is 0 Å². The van der Waals surface area contributed by atoms with Crippen LogP contribution in [-0.4, -0.2) is 51.9 Å². The first-order valence-electron chi connectivity index (χ1n) is 7.71. The van der Waals surface area contributed by atoms with Gasteiger partial charge in [-0.15, -0.1) is 11.3 Å². The van der Waals surface area contributed by atoms with Crippen molar-refractivity contribution in [3.05, 3.63) is 52.2 Å². The fraction of sp³-hybridized carbons (Fsp3) is 0.353. The molecular formula is C17H20N4OS. The highest BCUT2D eigenvalue weighted by molar-refractivity contribution is 7.09. The molecule has 0 saturated carbocycles. The van der Waals surface area contributed by atoms with E-state index in [1.807, 2.05) is 41.7 Å². The second kappa shape index (κ2) is 7.48. The predicted molar refractivity (Wildman–Crippen MR) is 92.0 cm³/mol. The summed E-state index contributed by atoms with van der Waals surface area (Å²) in [6.07, 6.45) is 7.07. The summed E-state index contributed by atoms with van der Waals surface area (Å²) in [6, 6.07) is 4.08. The molecule has 1 aliphatic heterocycles. The van der Waals surface area contributed by atoms with E-state index in [2.05, 4.69) is 14.9 Å². The third kappa shape index (κ3) is 4.46. The zero-order valence-corrected chi connectivity index (χ0v) is 14.0. The van der Waals surface area contributed by atoms with E-state index in [9.17, 15) is 4.79 Å². The molecule has 2 aromatic heterocycles. The maximum atomic E-state index is 12.2. The average molecular weight is 328 g/mol. The van der Waals surface area contributed by atoms with Gasteiger partial charge in [-0.05, 0) is 30.7 Å². The number of thiazole rings is 1. The number of piperazine rings is 1. The summed E-state index contributed by atoms with van der Waals surface area (Å²) in [4.78, 5) is 24.9. The molecule has 1 amide bonds. The van der Waals surface area contributed by atoms with E-state index in [4.69, 9.17) is 0 Å². The summed E-state index contributed by atoms with van der Waals surface area (Å²) in [7, 11) is 0. The van der Waals surface area contributed by atoms with Gasteiger partial charge in [0, 0.05) is 56.6 Å². The van der Waals surface area contributed by atoms with Gasteiger partial charge in [-0.2, -0.15) is 0 Å². The van der Waals surface area contributed by atoms with Crippen LogP contribution in [0.25, 0.3) is 6.08 Å². The van der Waals surface area contributed by atoms with E-state index in [1.54, 1.807) is 23.5 Å². The summed E-state index contributed by atoms with van der Waals surface area (Å²) < 4.78 is 0. The molecule has 0 bridgehead atoms. The van der Waals surface area contributed by atoms with Crippen LogP contribution in [0.1, 0.15) is 16.3 Å². The molecule has 0 unspecified atom stereocenters. The lowest BCUT2D eigenvalue weighted by molar-refractivity contribution is -0.127. The van der Waals surface area contributed by atoms with E-state index in [-0.39, 0.29) is 5.91 Å². The van der Waals surface area contributed by atoms with Crippen LogP contribution in [0.15, 0.2) is 36.0 Å². The third-order valence-electron chi connectivity index (χ3n) is 3.87. The number of hydrogen-bond donors (Lipinski definition) is 0. The number of carbonyl (C=O) groups excluding carboxylic acids is 1. The Morgan fingerprint density at radius 2 is 2.00 bits per heavy atom. The first-order chi connectivity index (χ1) is 11.2. The minimum Gasteiger partial charge on any atom is -0.337 e. The standard InChI is InChI=1S/C17H20N4OS/c1-14-19-16(13-23-14)2-3-17(22)21-10-8-20(9-11-21)12-15-4-6-18-7-5-15/h2-7,13H,8-12H2,1H3/b3-2+. The normalized spacial score (nSPS) is 16.1. The van der Waals surface area contributed by atoms with Gasteiger partial charge in [-0.3, -0.25) is 14.7 Å². The SMILES string of the molecule is Cc1nc(/C=C/C(=O)N2CCN(Cc3ccncc3)CC2)cs1. The molecule has 0 aliphatic carbocycles. The molecule has 5 nitrogen and oxygen atoms in total. The van der Waals surface area contributed by atoms with Crippen molar-refractivity contribution in [1.29, 1.82) is 0 Å². The largest absolute Gasteiger partial charge is 0.337 e. The number of nitrogens with zero attached hydrogens (tertiary/aromatic N) is 4. The van der Waals surface area contributed by atoms with Crippen LogP contribution in [0.3, 0.4) is 0 Å². The highest BCUT2D eigenvalue weighted by atomic mass is 32.1. The zero-order valence-electron chi connectivity index (χ0n) is 13.2. The van der Waals surface area contributed by atoms with Gasteiger partial charge in [0.1, 0.15) is 0 Å². The van der Waals surface area contributed by atoms with Crippen molar-refractivity contribution in [3.8, 4) is 0 Å². The maximum Gasteiger partial charge on any atom is 0.246 e. The number of hydrogen-bond acceptors (Lipinski definition) is 5. The molecule has 2 aromatic rings. The molecule has 0 aromatic carbocycles. The van der Waals surface area contributed by atoms with Crippen LogP contribution in [-0.2, 0) is 11.3 Å². The van der Waals surface area contributed by atoms with E-state index >= 15 is 0 Å². The van der Waals surface area contributed by atoms with Crippen molar-refractivity contribution in [2.45, 2.75) is 13.5 Å². The molecule has 1 fully saturated rings. The third-order valence-corrected chi connectivity index (χ3v) is 4.66. The van der Waals surface area contributed by atoms with Crippen LogP contribution in [0.4, 0.5) is 0 Å². The quantitative estimate of drug-likeness (QED) is 0.808. The second-order valence-corrected chi connectivity index (χ2v) is 6.64. The van der Waals surface area contributed by atoms with Gasteiger partial charge in [0.2, 0.25) is 5.91 Å². The lowest BCUT2D eigenvalue weighted by Crippen LogP contribution is -2.47. The van der Waals surface area contributed by atoms with Crippen molar-refractivity contribution in [2.75, 3.05) is 26.2 Å². The Morgan fingerprint density at radius 1 is 1.26 bits per heavy atom. The van der Waals surface area contributed by atoms with Crippen LogP contribution >= 0.6 is 11.3 Å². The van der Waals surface area contributed by atoms with Gasteiger partial charge in [0.05, 0.1) is 10.7 Å². The van der Waals surface area contributed by atoms with Gasteiger partial charge in [-0.1, -0.05) is 0 Å². The molecule has 6 heteroatoms. The number of aryl methyl sites for hydroxylation is 1.